The van der Waals surface area contributed by atoms with E-state index in [0.717, 1.165) is 61.7 Å². The number of hydrogen-bond donors (Lipinski definition) is 5. The van der Waals surface area contributed by atoms with E-state index in [1.54, 1.807) is 0 Å². The number of aromatic nitrogens is 3. The molecule has 3 aromatic heterocycles. The lowest BCUT2D eigenvalue weighted by atomic mass is 9.79. The predicted octanol–water partition coefficient (Wildman–Crippen LogP) is 2.38. The van der Waals surface area contributed by atoms with Crippen molar-refractivity contribution in [1.82, 2.24) is 20.3 Å². The summed E-state index contributed by atoms with van der Waals surface area (Å²) in [5, 5.41) is 17.8. The molecule has 2 unspecified atom stereocenters. The van der Waals surface area contributed by atoms with Gasteiger partial charge < -0.3 is 34.8 Å². The van der Waals surface area contributed by atoms with Crippen molar-refractivity contribution < 1.29 is 29.0 Å². The zero-order valence-electron chi connectivity index (χ0n) is 30.4. The van der Waals surface area contributed by atoms with E-state index in [4.69, 9.17) is 9.47 Å². The average Bonchev–Trinajstić information content (AvgIpc) is 3.83. The molecule has 0 radical (unpaired) electrons. The minimum absolute atomic E-state index is 0.0320. The zero-order valence-corrected chi connectivity index (χ0v) is 30.4. The summed E-state index contributed by atoms with van der Waals surface area (Å²) in [7, 11) is 1.31. The Hall–Kier alpha value is -4.41. The van der Waals surface area contributed by atoms with E-state index in [0.29, 0.717) is 29.3 Å². The maximum absolute atomic E-state index is 14.2. The molecule has 3 aliphatic rings. The second-order valence-electron chi connectivity index (χ2n) is 14.2. The number of carbonyl (C=O) groups excluding carboxylic acids is 3. The van der Waals surface area contributed by atoms with Crippen LogP contribution in [0.25, 0.3) is 23.8 Å². The molecule has 3 aromatic rings. The van der Waals surface area contributed by atoms with Crippen molar-refractivity contribution in [2.75, 3.05) is 13.7 Å². The van der Waals surface area contributed by atoms with Crippen molar-refractivity contribution in [3.63, 3.8) is 0 Å². The van der Waals surface area contributed by atoms with Crippen molar-refractivity contribution in [3.8, 4) is 0 Å². The van der Waals surface area contributed by atoms with Gasteiger partial charge in [0.2, 0.25) is 0 Å². The van der Waals surface area contributed by atoms with Gasteiger partial charge in [0.25, 0.3) is 0 Å². The van der Waals surface area contributed by atoms with Gasteiger partial charge >= 0.3 is 11.9 Å². The number of esters is 2. The van der Waals surface area contributed by atoms with Crippen LogP contribution in [0.5, 0.6) is 0 Å². The van der Waals surface area contributed by atoms with Gasteiger partial charge in [-0.1, -0.05) is 25.5 Å². The summed E-state index contributed by atoms with van der Waals surface area (Å²) in [5.74, 6) is -2.34. The van der Waals surface area contributed by atoms with Crippen LogP contribution >= 0.6 is 0 Å². The molecule has 0 spiro atoms. The first-order chi connectivity index (χ1) is 23.9. The lowest BCUT2D eigenvalue weighted by molar-refractivity contribution is -0.143. The number of ether oxygens (including phenoxy) is 2. The molecular formula is C40H50N4O6. The highest BCUT2D eigenvalue weighted by molar-refractivity contribution is 6.19. The third kappa shape index (κ3) is 6.02. The molecule has 6 rings (SSSR count). The Morgan fingerprint density at radius 1 is 1.04 bits per heavy atom. The first kappa shape index (κ1) is 35.4. The first-order valence-corrected chi connectivity index (χ1v) is 17.7. The normalized spacial score (nSPS) is 24.1. The number of aromatic amines is 3. The highest BCUT2D eigenvalue weighted by Gasteiger charge is 2.50. The molecule has 10 heteroatoms. The van der Waals surface area contributed by atoms with Crippen LogP contribution in [0.3, 0.4) is 0 Å². The molecule has 5 atom stereocenters. The number of hydrogen-bond acceptors (Lipinski definition) is 7. The molecule has 1 aliphatic carbocycles. The van der Waals surface area contributed by atoms with E-state index in [9.17, 15) is 19.5 Å². The minimum atomic E-state index is -1.10. The molecule has 5 N–H and O–H groups in total. The molecular weight excluding hydrogens is 632 g/mol. The Kier molecular flexibility index (Phi) is 9.97. The topological polar surface area (TPSA) is 149 Å². The van der Waals surface area contributed by atoms with Gasteiger partial charge in [0, 0.05) is 69.1 Å². The van der Waals surface area contributed by atoms with Gasteiger partial charge in [-0.2, -0.15) is 0 Å². The largest absolute Gasteiger partial charge is 0.468 e. The molecule has 8 bridgehead atoms. The standard InChI is InChI=1S/C40H50N4O6/c1-9-23-20(5)27-15-31-24(10-2)26(18-45)32(42-31)16-28-21(6)25(11-12-33(46)50-14-13-19(3)4)37(43-28)35-36(40(48)49-8)39(47)34-22(7)29(44-38(34)35)17-30(23)41-27/h10,13,15,17,21,25,28,36-37,41-45H,9,11-12,14,16,18H2,1-8H3/b24-10-,29-17-,31-15-/t21-,25-,28?,36+,37?/m0/s1. The fourth-order valence-electron chi connectivity index (χ4n) is 8.50. The molecule has 0 saturated carbocycles. The number of nitrogens with one attached hydrogen (secondary N) is 4. The Morgan fingerprint density at radius 3 is 2.44 bits per heavy atom. The van der Waals surface area contributed by atoms with Crippen molar-refractivity contribution in [2.24, 2.45) is 17.8 Å². The van der Waals surface area contributed by atoms with Crippen LogP contribution in [0.15, 0.2) is 11.6 Å². The molecule has 2 aliphatic heterocycles. The summed E-state index contributed by atoms with van der Waals surface area (Å²) in [6, 6.07) is -0.506. The number of carbonyl (C=O) groups is 3. The van der Waals surface area contributed by atoms with E-state index in [-0.39, 0.29) is 49.3 Å². The highest BCUT2D eigenvalue weighted by Crippen LogP contribution is 2.41. The summed E-state index contributed by atoms with van der Waals surface area (Å²) in [6.45, 7) is 14.3. The summed E-state index contributed by atoms with van der Waals surface area (Å²) in [4.78, 5) is 51.5. The Bertz CT molecular complexity index is 2140. The van der Waals surface area contributed by atoms with Gasteiger partial charge in [0.05, 0.1) is 19.1 Å². The van der Waals surface area contributed by atoms with Crippen LogP contribution in [0.4, 0.5) is 0 Å². The summed E-state index contributed by atoms with van der Waals surface area (Å²) >= 11 is 0. The van der Waals surface area contributed by atoms with Crippen LogP contribution < -0.4 is 26.6 Å². The number of methoxy groups -OCH3 is 1. The van der Waals surface area contributed by atoms with Gasteiger partial charge in [0.1, 0.15) is 12.5 Å². The molecule has 1 saturated heterocycles. The van der Waals surface area contributed by atoms with Crippen LogP contribution in [-0.2, 0) is 38.5 Å². The van der Waals surface area contributed by atoms with E-state index in [2.05, 4.69) is 53.2 Å². The van der Waals surface area contributed by atoms with Gasteiger partial charge in [-0.05, 0) is 99.8 Å². The monoisotopic (exact) mass is 682 g/mol. The van der Waals surface area contributed by atoms with E-state index in [1.807, 2.05) is 39.8 Å². The molecule has 0 amide bonds. The second kappa shape index (κ2) is 14.1. The SMILES string of the molecule is C/C=c1/c(CO)c2[nH]/c1=C\c1[nH]c(c(CC)c1C)/C=c1\[nH]c3c(c1C)C(=O)[C@H](C(=O)OC)C=3C1NC(C2)[C@@H](C)[C@@H]1CCC(=O)OCC=C(C)C. The number of Topliss-reactive ketones (excluding diaryl/α,β-unsaturated/α-hetero) is 1. The van der Waals surface area contributed by atoms with Crippen molar-refractivity contribution in [2.45, 2.75) is 92.8 Å². The summed E-state index contributed by atoms with van der Waals surface area (Å²) < 4.78 is 10.8. The number of allylic oxidation sites excluding steroid dienone is 1. The van der Waals surface area contributed by atoms with Crippen molar-refractivity contribution >= 4 is 41.5 Å². The minimum Gasteiger partial charge on any atom is -0.468 e. The fraction of sp³-hybridized carbons (Fsp3) is 0.475. The fourth-order valence-corrected chi connectivity index (χ4v) is 8.50. The first-order valence-electron chi connectivity index (χ1n) is 17.7. The molecule has 266 valence electrons. The number of rotatable bonds is 8. The quantitative estimate of drug-likeness (QED) is 0.139. The maximum atomic E-state index is 14.2. The van der Waals surface area contributed by atoms with E-state index in [1.165, 1.54) is 12.7 Å². The van der Waals surface area contributed by atoms with E-state index < -0.39 is 17.9 Å². The third-order valence-corrected chi connectivity index (χ3v) is 11.2. The summed E-state index contributed by atoms with van der Waals surface area (Å²) in [6.07, 6.45) is 10.1. The van der Waals surface area contributed by atoms with Crippen LogP contribution in [-0.4, -0.2) is 63.6 Å². The number of fused-ring (bicyclic) bond motifs is 8. The van der Waals surface area contributed by atoms with Crippen LogP contribution in [0.1, 0.15) is 97.2 Å². The molecule has 1 fully saturated rings. The Balaban J connectivity index is 1.59. The third-order valence-electron chi connectivity index (χ3n) is 11.2. The summed E-state index contributed by atoms with van der Waals surface area (Å²) in [5.41, 5.74) is 9.00. The lowest BCUT2D eigenvalue weighted by Crippen LogP contribution is -2.40. The maximum Gasteiger partial charge on any atom is 0.320 e. The Morgan fingerprint density at radius 2 is 1.78 bits per heavy atom. The second-order valence-corrected chi connectivity index (χ2v) is 14.2. The van der Waals surface area contributed by atoms with Gasteiger partial charge in [-0.25, -0.2) is 0 Å². The molecule has 5 heterocycles. The molecule has 10 nitrogen and oxygen atoms in total. The highest BCUT2D eigenvalue weighted by atomic mass is 16.5. The van der Waals surface area contributed by atoms with Gasteiger partial charge in [-0.3, -0.25) is 14.4 Å². The average molecular weight is 683 g/mol. The van der Waals surface area contributed by atoms with Gasteiger partial charge in [-0.15, -0.1) is 0 Å². The molecule has 50 heavy (non-hydrogen) atoms. The smallest absolute Gasteiger partial charge is 0.320 e. The number of ketones is 1. The Labute approximate surface area is 292 Å². The predicted molar refractivity (Wildman–Crippen MR) is 193 cm³/mol. The lowest BCUT2D eigenvalue weighted by Gasteiger charge is -2.25. The van der Waals surface area contributed by atoms with E-state index >= 15 is 0 Å². The zero-order chi connectivity index (χ0) is 36.0. The number of aliphatic hydroxyl groups is 1. The van der Waals surface area contributed by atoms with Crippen LogP contribution in [0, 0.1) is 31.6 Å². The van der Waals surface area contributed by atoms with Crippen LogP contribution in [0.2, 0.25) is 0 Å². The molecule has 0 aromatic carbocycles. The van der Waals surface area contributed by atoms with Gasteiger partial charge in [0.15, 0.2) is 5.78 Å². The van der Waals surface area contributed by atoms with Crippen molar-refractivity contribution in [1.29, 1.82) is 0 Å². The number of aliphatic hydroxyl groups excluding tert-OH is 1. The van der Waals surface area contributed by atoms with Crippen molar-refractivity contribution in [3.05, 3.63) is 77.8 Å². The number of H-pyrrole nitrogens is 3.